The Morgan fingerprint density at radius 2 is 2.04 bits per heavy atom. The number of imidazole rings is 1. The number of aromatic nitrogens is 2. The van der Waals surface area contributed by atoms with Gasteiger partial charge in [-0.2, -0.15) is 0 Å². The smallest absolute Gasteiger partial charge is 0.312 e. The molecule has 1 N–H and O–H groups in total. The minimum atomic E-state index is -0.485. The Labute approximate surface area is 166 Å². The van der Waals surface area contributed by atoms with Crippen LogP contribution in [0.25, 0.3) is 4.96 Å². The molecule has 0 aliphatic carbocycles. The maximum Gasteiger partial charge on any atom is 0.312 e. The Bertz CT molecular complexity index is 937. The number of hydrogen-bond donors (Lipinski definition) is 1. The standard InChI is InChI=1S/C19H21N3O5S/c1-25-15-4-3-13(9-16(15)26-2)5-6-20-17(23)12-27-18(24)10-14-11-22-7-8-28-19(22)21-14/h3-4,7-9,11H,5-6,10,12H2,1-2H3,(H,20,23). The molecule has 0 saturated carbocycles. The normalized spacial score (nSPS) is 10.6. The highest BCUT2D eigenvalue weighted by atomic mass is 32.1. The molecule has 0 unspecified atom stereocenters. The van der Waals surface area contributed by atoms with Gasteiger partial charge in [-0.3, -0.25) is 14.0 Å². The largest absolute Gasteiger partial charge is 0.493 e. The van der Waals surface area contributed by atoms with Crippen LogP contribution < -0.4 is 14.8 Å². The van der Waals surface area contributed by atoms with Crippen molar-refractivity contribution < 1.29 is 23.8 Å². The third-order valence-corrected chi connectivity index (χ3v) is 4.79. The van der Waals surface area contributed by atoms with E-state index < -0.39 is 5.97 Å². The fraction of sp³-hybridized carbons (Fsp3) is 0.316. The van der Waals surface area contributed by atoms with Crippen molar-refractivity contribution in [3.8, 4) is 11.5 Å². The second-order valence-electron chi connectivity index (χ2n) is 5.95. The molecule has 0 aliphatic rings. The van der Waals surface area contributed by atoms with E-state index in [9.17, 15) is 9.59 Å². The first-order valence-electron chi connectivity index (χ1n) is 8.63. The van der Waals surface area contributed by atoms with Crippen LogP contribution in [0, 0.1) is 0 Å². The third-order valence-electron chi connectivity index (χ3n) is 4.02. The van der Waals surface area contributed by atoms with Gasteiger partial charge in [-0.05, 0) is 24.1 Å². The number of carbonyl (C=O) groups excluding carboxylic acids is 2. The van der Waals surface area contributed by atoms with E-state index in [1.807, 2.05) is 34.2 Å². The Morgan fingerprint density at radius 1 is 1.21 bits per heavy atom. The maximum absolute atomic E-state index is 11.9. The summed E-state index contributed by atoms with van der Waals surface area (Å²) < 4.78 is 17.3. The van der Waals surface area contributed by atoms with E-state index in [0.717, 1.165) is 10.5 Å². The Hall–Kier alpha value is -3.07. The van der Waals surface area contributed by atoms with Crippen molar-refractivity contribution in [2.45, 2.75) is 12.8 Å². The summed E-state index contributed by atoms with van der Waals surface area (Å²) in [5.74, 6) is 0.458. The fourth-order valence-corrected chi connectivity index (χ4v) is 3.36. The molecule has 3 rings (SSSR count). The Balaban J connectivity index is 1.38. The first kappa shape index (κ1) is 19.7. The summed E-state index contributed by atoms with van der Waals surface area (Å²) in [7, 11) is 3.15. The molecule has 0 bridgehead atoms. The zero-order valence-corrected chi connectivity index (χ0v) is 16.5. The van der Waals surface area contributed by atoms with E-state index in [0.29, 0.717) is 30.2 Å². The molecule has 9 heteroatoms. The van der Waals surface area contributed by atoms with Gasteiger partial charge in [0.2, 0.25) is 0 Å². The van der Waals surface area contributed by atoms with Crippen LogP contribution in [-0.4, -0.2) is 48.6 Å². The fourth-order valence-electron chi connectivity index (χ4n) is 2.64. The van der Waals surface area contributed by atoms with Gasteiger partial charge >= 0.3 is 5.97 Å². The summed E-state index contributed by atoms with van der Waals surface area (Å²) in [5, 5.41) is 4.64. The van der Waals surface area contributed by atoms with Crippen molar-refractivity contribution in [2.75, 3.05) is 27.4 Å². The quantitative estimate of drug-likeness (QED) is 0.549. The highest BCUT2D eigenvalue weighted by Gasteiger charge is 2.12. The van der Waals surface area contributed by atoms with Crippen molar-refractivity contribution >= 4 is 28.2 Å². The number of amides is 1. The number of ether oxygens (including phenoxy) is 3. The van der Waals surface area contributed by atoms with E-state index in [1.54, 1.807) is 20.4 Å². The lowest BCUT2D eigenvalue weighted by molar-refractivity contribution is -0.147. The van der Waals surface area contributed by atoms with Crippen LogP contribution in [0.15, 0.2) is 36.0 Å². The van der Waals surface area contributed by atoms with Crippen LogP contribution >= 0.6 is 11.3 Å². The first-order valence-corrected chi connectivity index (χ1v) is 9.51. The van der Waals surface area contributed by atoms with E-state index >= 15 is 0 Å². The van der Waals surface area contributed by atoms with Crippen LogP contribution in [0.5, 0.6) is 11.5 Å². The zero-order valence-electron chi connectivity index (χ0n) is 15.6. The summed E-state index contributed by atoms with van der Waals surface area (Å²) in [6.07, 6.45) is 4.29. The van der Waals surface area contributed by atoms with Crippen molar-refractivity contribution in [1.29, 1.82) is 0 Å². The lowest BCUT2D eigenvalue weighted by atomic mass is 10.1. The molecule has 1 amide bonds. The predicted octanol–water partition coefficient (Wildman–Crippen LogP) is 1.86. The SMILES string of the molecule is COc1ccc(CCNC(=O)COC(=O)Cc2cn3ccsc3n2)cc1OC. The number of thiazole rings is 1. The van der Waals surface area contributed by atoms with Crippen LogP contribution in [0.2, 0.25) is 0 Å². The van der Waals surface area contributed by atoms with Crippen molar-refractivity contribution in [2.24, 2.45) is 0 Å². The molecular formula is C19H21N3O5S. The molecule has 8 nitrogen and oxygen atoms in total. The van der Waals surface area contributed by atoms with E-state index in [-0.39, 0.29) is 18.9 Å². The summed E-state index contributed by atoms with van der Waals surface area (Å²) >= 11 is 1.49. The van der Waals surface area contributed by atoms with Crippen LogP contribution in [-0.2, 0) is 27.2 Å². The van der Waals surface area contributed by atoms with Gasteiger partial charge < -0.3 is 19.5 Å². The lowest BCUT2D eigenvalue weighted by Gasteiger charge is -2.10. The molecular weight excluding hydrogens is 382 g/mol. The minimum Gasteiger partial charge on any atom is -0.493 e. The topological polar surface area (TPSA) is 91.2 Å². The van der Waals surface area contributed by atoms with Crippen LogP contribution in [0.4, 0.5) is 0 Å². The average molecular weight is 403 g/mol. The maximum atomic E-state index is 11.9. The molecule has 148 valence electrons. The number of carbonyl (C=O) groups is 2. The zero-order chi connectivity index (χ0) is 19.9. The molecule has 0 aliphatic heterocycles. The molecule has 2 aromatic heterocycles. The number of methoxy groups -OCH3 is 2. The number of benzene rings is 1. The molecule has 0 atom stereocenters. The van der Waals surface area contributed by atoms with Gasteiger partial charge in [0.25, 0.3) is 5.91 Å². The van der Waals surface area contributed by atoms with Crippen LogP contribution in [0.1, 0.15) is 11.3 Å². The third kappa shape index (κ3) is 5.01. The molecule has 1 aromatic carbocycles. The molecule has 28 heavy (non-hydrogen) atoms. The van der Waals surface area contributed by atoms with E-state index in [1.165, 1.54) is 11.3 Å². The summed E-state index contributed by atoms with van der Waals surface area (Å²) in [6, 6.07) is 5.59. The molecule has 0 radical (unpaired) electrons. The van der Waals surface area contributed by atoms with E-state index in [4.69, 9.17) is 14.2 Å². The molecule has 3 aromatic rings. The average Bonchev–Trinajstić information content (AvgIpc) is 3.27. The number of nitrogens with one attached hydrogen (secondary N) is 1. The predicted molar refractivity (Wildman–Crippen MR) is 104 cm³/mol. The highest BCUT2D eigenvalue weighted by Crippen LogP contribution is 2.27. The van der Waals surface area contributed by atoms with E-state index in [2.05, 4.69) is 10.3 Å². The summed E-state index contributed by atoms with van der Waals surface area (Å²) in [4.78, 5) is 28.9. The summed E-state index contributed by atoms with van der Waals surface area (Å²) in [5.41, 5.74) is 1.61. The number of hydrogen-bond acceptors (Lipinski definition) is 7. The Kier molecular flexibility index (Phi) is 6.49. The van der Waals surface area contributed by atoms with Gasteiger partial charge in [0.05, 0.1) is 26.3 Å². The number of esters is 1. The monoisotopic (exact) mass is 403 g/mol. The number of fused-ring (bicyclic) bond motifs is 1. The van der Waals surface area contributed by atoms with Crippen LogP contribution in [0.3, 0.4) is 0 Å². The highest BCUT2D eigenvalue weighted by molar-refractivity contribution is 7.15. The first-order chi connectivity index (χ1) is 13.6. The van der Waals surface area contributed by atoms with Gasteiger partial charge in [0.15, 0.2) is 23.1 Å². The minimum absolute atomic E-state index is 0.0350. The lowest BCUT2D eigenvalue weighted by Crippen LogP contribution is -2.30. The van der Waals surface area contributed by atoms with Gasteiger partial charge in [-0.15, -0.1) is 11.3 Å². The van der Waals surface area contributed by atoms with Gasteiger partial charge in [0.1, 0.15) is 0 Å². The second-order valence-corrected chi connectivity index (χ2v) is 6.82. The van der Waals surface area contributed by atoms with Crippen molar-refractivity contribution in [3.05, 3.63) is 47.2 Å². The molecule has 2 heterocycles. The van der Waals surface area contributed by atoms with Gasteiger partial charge in [0, 0.05) is 24.3 Å². The Morgan fingerprint density at radius 3 is 2.79 bits per heavy atom. The molecule has 0 fully saturated rings. The molecule has 0 saturated heterocycles. The number of rotatable bonds is 9. The second kappa shape index (κ2) is 9.23. The summed E-state index contributed by atoms with van der Waals surface area (Å²) in [6.45, 7) is 0.107. The van der Waals surface area contributed by atoms with Gasteiger partial charge in [-0.1, -0.05) is 6.07 Å². The number of nitrogens with zero attached hydrogens (tertiary/aromatic N) is 2. The molecule has 0 spiro atoms. The van der Waals surface area contributed by atoms with Crippen molar-refractivity contribution in [1.82, 2.24) is 14.7 Å². The van der Waals surface area contributed by atoms with Gasteiger partial charge in [-0.25, -0.2) is 4.98 Å². The van der Waals surface area contributed by atoms with Crippen molar-refractivity contribution in [3.63, 3.8) is 0 Å².